The molecule has 3 aromatic rings. The average molecular weight is 295 g/mol. The van der Waals surface area contributed by atoms with Crippen LogP contribution in [0.1, 0.15) is 12.7 Å². The van der Waals surface area contributed by atoms with Crippen molar-refractivity contribution in [3.63, 3.8) is 0 Å². The third-order valence-electron chi connectivity index (χ3n) is 3.58. The number of nitrogens with one attached hydrogen (secondary N) is 2. The minimum absolute atomic E-state index is 0.540. The summed E-state index contributed by atoms with van der Waals surface area (Å²) in [7, 11) is 0. The lowest BCUT2D eigenvalue weighted by Crippen LogP contribution is -2.24. The first-order chi connectivity index (χ1) is 10.8. The number of hydrogen-bond acceptors (Lipinski definition) is 3. The number of benzene rings is 1. The fourth-order valence-electron chi connectivity index (χ4n) is 2.47. The predicted molar refractivity (Wildman–Crippen MR) is 87.1 cm³/mol. The first-order valence-electron chi connectivity index (χ1n) is 7.57. The summed E-state index contributed by atoms with van der Waals surface area (Å²) in [6, 6.07) is 10.2. The Hall–Kier alpha value is -2.40. The average Bonchev–Trinajstić information content (AvgIpc) is 3.20. The second-order valence-corrected chi connectivity index (χ2v) is 5.61. The van der Waals surface area contributed by atoms with E-state index >= 15 is 0 Å². The summed E-state index contributed by atoms with van der Waals surface area (Å²) >= 11 is 0. The van der Waals surface area contributed by atoms with Gasteiger partial charge in [-0.15, -0.1) is 0 Å². The molecule has 0 aliphatic rings. The third kappa shape index (κ3) is 3.83. The topological polar surface area (TPSA) is 58.5 Å². The van der Waals surface area contributed by atoms with Gasteiger partial charge in [0.25, 0.3) is 0 Å². The van der Waals surface area contributed by atoms with Crippen molar-refractivity contribution in [3.05, 3.63) is 61.1 Å². The molecule has 1 aromatic carbocycles. The molecule has 22 heavy (non-hydrogen) atoms. The van der Waals surface area contributed by atoms with Gasteiger partial charge in [0.05, 0.1) is 24.8 Å². The second kappa shape index (κ2) is 7.04. The minimum Gasteiger partial charge on any atom is -0.341 e. The Kier molecular flexibility index (Phi) is 4.65. The molecule has 0 amide bonds. The predicted octanol–water partition coefficient (Wildman–Crippen LogP) is 2.70. The van der Waals surface area contributed by atoms with Crippen molar-refractivity contribution in [1.29, 1.82) is 0 Å². The molecule has 0 bridgehead atoms. The van der Waals surface area contributed by atoms with Gasteiger partial charge in [0, 0.05) is 18.9 Å². The molecule has 2 aromatic heterocycles. The second-order valence-electron chi connectivity index (χ2n) is 5.61. The maximum absolute atomic E-state index is 4.43. The Morgan fingerprint density at radius 1 is 1.27 bits per heavy atom. The molecule has 0 spiro atoms. The fraction of sp³-hybridized carbons (Fsp3) is 0.294. The molecular weight excluding hydrogens is 274 g/mol. The van der Waals surface area contributed by atoms with Gasteiger partial charge in [-0.05, 0) is 18.0 Å². The maximum Gasteiger partial charge on any atom is 0.120 e. The van der Waals surface area contributed by atoms with Crippen LogP contribution in [-0.4, -0.2) is 26.1 Å². The molecular formula is C17H21N5. The highest BCUT2D eigenvalue weighted by Gasteiger charge is 2.05. The highest BCUT2D eigenvalue weighted by atomic mass is 15.0. The zero-order valence-electron chi connectivity index (χ0n) is 12.7. The van der Waals surface area contributed by atoms with Gasteiger partial charge in [-0.2, -0.15) is 0 Å². The Balaban J connectivity index is 1.47. The van der Waals surface area contributed by atoms with Crippen molar-refractivity contribution in [1.82, 2.24) is 24.8 Å². The van der Waals surface area contributed by atoms with Crippen molar-refractivity contribution >= 4 is 0 Å². The van der Waals surface area contributed by atoms with E-state index in [2.05, 4.69) is 43.9 Å². The monoisotopic (exact) mass is 295 g/mol. The quantitative estimate of drug-likeness (QED) is 0.704. The van der Waals surface area contributed by atoms with E-state index in [-0.39, 0.29) is 0 Å². The van der Waals surface area contributed by atoms with Crippen LogP contribution in [0, 0.1) is 5.92 Å². The Labute approximate surface area is 130 Å². The molecule has 3 rings (SSSR count). The molecule has 114 valence electrons. The summed E-state index contributed by atoms with van der Waals surface area (Å²) in [5.41, 5.74) is 2.22. The van der Waals surface area contributed by atoms with E-state index in [1.807, 2.05) is 43.1 Å². The zero-order chi connectivity index (χ0) is 15.2. The number of hydrogen-bond donors (Lipinski definition) is 2. The van der Waals surface area contributed by atoms with E-state index < -0.39 is 0 Å². The smallest absolute Gasteiger partial charge is 0.120 e. The summed E-state index contributed by atoms with van der Waals surface area (Å²) < 4.78 is 2.10. The van der Waals surface area contributed by atoms with Crippen LogP contribution in [0.4, 0.5) is 0 Å². The number of aromatic amines is 1. The molecule has 1 unspecified atom stereocenters. The molecule has 5 heteroatoms. The van der Waals surface area contributed by atoms with E-state index in [0.717, 1.165) is 36.7 Å². The minimum atomic E-state index is 0.540. The Morgan fingerprint density at radius 2 is 2.14 bits per heavy atom. The molecule has 0 saturated heterocycles. The van der Waals surface area contributed by atoms with Crippen molar-refractivity contribution in [2.24, 2.45) is 5.92 Å². The van der Waals surface area contributed by atoms with Crippen LogP contribution in [0.2, 0.25) is 0 Å². The van der Waals surface area contributed by atoms with Crippen molar-refractivity contribution in [2.75, 3.05) is 6.54 Å². The lowest BCUT2D eigenvalue weighted by molar-refractivity contribution is 0.442. The van der Waals surface area contributed by atoms with Crippen molar-refractivity contribution in [3.8, 4) is 11.3 Å². The fourth-order valence-corrected chi connectivity index (χ4v) is 2.47. The highest BCUT2D eigenvalue weighted by Crippen LogP contribution is 2.15. The van der Waals surface area contributed by atoms with Crippen LogP contribution in [0.5, 0.6) is 0 Å². The molecule has 0 fully saturated rings. The zero-order valence-corrected chi connectivity index (χ0v) is 12.7. The summed E-state index contributed by atoms with van der Waals surface area (Å²) in [4.78, 5) is 11.9. The van der Waals surface area contributed by atoms with Crippen LogP contribution in [0.3, 0.4) is 0 Å². The molecule has 0 radical (unpaired) electrons. The van der Waals surface area contributed by atoms with Crippen LogP contribution in [-0.2, 0) is 13.1 Å². The Morgan fingerprint density at radius 3 is 2.91 bits per heavy atom. The van der Waals surface area contributed by atoms with Gasteiger partial charge in [-0.25, -0.2) is 9.97 Å². The van der Waals surface area contributed by atoms with Crippen LogP contribution < -0.4 is 5.32 Å². The molecule has 0 aliphatic carbocycles. The molecule has 0 saturated carbocycles. The van der Waals surface area contributed by atoms with Crippen LogP contribution >= 0.6 is 0 Å². The molecule has 0 aliphatic heterocycles. The third-order valence-corrected chi connectivity index (χ3v) is 3.58. The first kappa shape index (κ1) is 14.5. The van der Waals surface area contributed by atoms with Gasteiger partial charge in [-0.3, -0.25) is 0 Å². The number of imidazole rings is 2. The van der Waals surface area contributed by atoms with E-state index in [0.29, 0.717) is 5.92 Å². The van der Waals surface area contributed by atoms with Gasteiger partial charge in [-0.1, -0.05) is 37.3 Å². The van der Waals surface area contributed by atoms with Crippen LogP contribution in [0.25, 0.3) is 11.3 Å². The number of rotatable bonds is 7. The van der Waals surface area contributed by atoms with Gasteiger partial charge in [0.15, 0.2) is 0 Å². The van der Waals surface area contributed by atoms with Crippen LogP contribution in [0.15, 0.2) is 55.2 Å². The number of nitrogens with zero attached hydrogens (tertiary/aromatic N) is 3. The van der Waals surface area contributed by atoms with Crippen molar-refractivity contribution in [2.45, 2.75) is 20.0 Å². The normalized spacial score (nSPS) is 12.4. The largest absolute Gasteiger partial charge is 0.341 e. The molecule has 2 N–H and O–H groups in total. The van der Waals surface area contributed by atoms with Crippen molar-refractivity contribution < 1.29 is 0 Å². The van der Waals surface area contributed by atoms with E-state index in [9.17, 15) is 0 Å². The van der Waals surface area contributed by atoms with E-state index in [4.69, 9.17) is 0 Å². The van der Waals surface area contributed by atoms with Gasteiger partial charge >= 0.3 is 0 Å². The maximum atomic E-state index is 4.43. The van der Waals surface area contributed by atoms with Gasteiger partial charge in [0.1, 0.15) is 5.82 Å². The molecule has 2 heterocycles. The summed E-state index contributed by atoms with van der Waals surface area (Å²) in [5, 5.41) is 3.45. The van der Waals surface area contributed by atoms with E-state index in [1.54, 1.807) is 0 Å². The SMILES string of the molecule is CC(CNCc1ncc(-c2ccccc2)[nH]1)Cn1ccnc1. The molecule has 1 atom stereocenters. The van der Waals surface area contributed by atoms with Gasteiger partial charge in [0.2, 0.25) is 0 Å². The highest BCUT2D eigenvalue weighted by molar-refractivity contribution is 5.57. The summed E-state index contributed by atoms with van der Waals surface area (Å²) in [6.07, 6.45) is 7.56. The lowest BCUT2D eigenvalue weighted by Gasteiger charge is -2.12. The summed E-state index contributed by atoms with van der Waals surface area (Å²) in [5.74, 6) is 1.51. The number of aromatic nitrogens is 4. The Bertz CT molecular complexity index is 672. The first-order valence-corrected chi connectivity index (χ1v) is 7.57. The lowest BCUT2D eigenvalue weighted by atomic mass is 10.2. The standard InChI is InChI=1S/C17H21N5/c1-14(12-22-8-7-18-13-22)9-19-11-17-20-10-16(21-17)15-5-3-2-4-6-15/h2-8,10,13-14,19H,9,11-12H2,1H3,(H,20,21). The molecule has 5 nitrogen and oxygen atoms in total. The summed E-state index contributed by atoms with van der Waals surface area (Å²) in [6.45, 7) is 4.89. The number of H-pyrrole nitrogens is 1. The van der Waals surface area contributed by atoms with E-state index in [1.165, 1.54) is 0 Å². The van der Waals surface area contributed by atoms with Gasteiger partial charge < -0.3 is 14.9 Å².